The molecule has 0 spiro atoms. The summed E-state index contributed by atoms with van der Waals surface area (Å²) in [5.41, 5.74) is 7.36. The van der Waals surface area contributed by atoms with Crippen molar-refractivity contribution in [1.29, 1.82) is 0 Å². The molecule has 0 fully saturated rings. The number of rotatable bonds is 6. The lowest BCUT2D eigenvalue weighted by Gasteiger charge is -2.30. The first kappa shape index (κ1) is 23.7. The second-order valence-corrected chi connectivity index (χ2v) is 10.4. The minimum atomic E-state index is -3.67. The number of benzene rings is 2. The van der Waals surface area contributed by atoms with E-state index in [0.29, 0.717) is 12.2 Å². The van der Waals surface area contributed by atoms with E-state index in [4.69, 9.17) is 9.29 Å². The van der Waals surface area contributed by atoms with E-state index in [1.165, 1.54) is 34.2 Å². The smallest absolute Gasteiger partial charge is 0.261 e. The summed E-state index contributed by atoms with van der Waals surface area (Å²) in [5, 5.41) is 0. The van der Waals surface area contributed by atoms with E-state index in [1.54, 1.807) is 18.4 Å². The molecular formula is C23H30N2O4S2. The molecule has 1 atom stereocenters. The number of hydrogen-bond donors (Lipinski definition) is 1. The predicted octanol–water partition coefficient (Wildman–Crippen LogP) is 4.40. The summed E-state index contributed by atoms with van der Waals surface area (Å²) in [6.07, 6.45) is 5.48. The standard InChI is InChI=1S/C22H26N2OS.CH4O3S/c1-24(12-11-16-9-10-20-22(13-16)26-15-23-20)14-17-5-3-7-19-18(17)6-4-8-21(19)25-2;1-5(2,3)4/h4,6,8-10,13,15,17H,3,5,7,11-12,14H2,1-2H3;1H3,(H,2,3,4). The number of likely N-dealkylation sites (N-methyl/N-ethyl adjacent to an activating group) is 1. The van der Waals surface area contributed by atoms with E-state index in [2.05, 4.69) is 53.3 Å². The number of aromatic nitrogens is 1. The van der Waals surface area contributed by atoms with Gasteiger partial charge in [-0.2, -0.15) is 8.42 Å². The second kappa shape index (κ2) is 10.5. The maximum atomic E-state index is 9.19. The fourth-order valence-electron chi connectivity index (χ4n) is 4.14. The van der Waals surface area contributed by atoms with Crippen LogP contribution in [0, 0.1) is 0 Å². The highest BCUT2D eigenvalue weighted by Gasteiger charge is 2.23. The number of thiazole rings is 1. The summed E-state index contributed by atoms with van der Waals surface area (Å²) in [6, 6.07) is 13.2. The van der Waals surface area contributed by atoms with E-state index in [9.17, 15) is 8.42 Å². The summed E-state index contributed by atoms with van der Waals surface area (Å²) in [4.78, 5) is 6.85. The van der Waals surface area contributed by atoms with Crippen LogP contribution in [0.25, 0.3) is 10.2 Å². The second-order valence-electron chi connectivity index (χ2n) is 8.02. The first-order valence-corrected chi connectivity index (χ1v) is 13.1. The molecule has 0 saturated carbocycles. The zero-order valence-corrected chi connectivity index (χ0v) is 19.9. The highest BCUT2D eigenvalue weighted by atomic mass is 32.2. The molecule has 168 valence electrons. The third-order valence-corrected chi connectivity index (χ3v) is 6.31. The Balaban J connectivity index is 0.000000491. The first-order chi connectivity index (χ1) is 14.7. The molecule has 1 N–H and O–H groups in total. The molecule has 0 aliphatic heterocycles. The van der Waals surface area contributed by atoms with Crippen LogP contribution in [0.15, 0.2) is 41.9 Å². The molecule has 1 aliphatic carbocycles. The van der Waals surface area contributed by atoms with Gasteiger partial charge in [-0.05, 0) is 73.5 Å². The molecule has 6 nitrogen and oxygen atoms in total. The van der Waals surface area contributed by atoms with Gasteiger partial charge in [0, 0.05) is 13.1 Å². The molecule has 2 aromatic carbocycles. The minimum absolute atomic E-state index is 0.614. The Morgan fingerprint density at radius 1 is 1.29 bits per heavy atom. The molecule has 0 saturated heterocycles. The van der Waals surface area contributed by atoms with Crippen LogP contribution in [0.4, 0.5) is 0 Å². The Bertz CT molecular complexity index is 1100. The number of hydrogen-bond acceptors (Lipinski definition) is 6. The summed E-state index contributed by atoms with van der Waals surface area (Å²) >= 11 is 1.72. The van der Waals surface area contributed by atoms with E-state index < -0.39 is 10.1 Å². The van der Waals surface area contributed by atoms with Crippen LogP contribution in [0.1, 0.15) is 35.4 Å². The summed E-state index contributed by atoms with van der Waals surface area (Å²) in [7, 11) is 0.366. The molecule has 1 aliphatic rings. The molecule has 1 heterocycles. The van der Waals surface area contributed by atoms with Gasteiger partial charge in [0.2, 0.25) is 0 Å². The van der Waals surface area contributed by atoms with Crippen LogP contribution < -0.4 is 4.74 Å². The topological polar surface area (TPSA) is 79.7 Å². The van der Waals surface area contributed by atoms with E-state index in [-0.39, 0.29) is 0 Å². The highest BCUT2D eigenvalue weighted by Crippen LogP contribution is 2.36. The Kier molecular flexibility index (Phi) is 8.05. The van der Waals surface area contributed by atoms with Crippen molar-refractivity contribution in [2.24, 2.45) is 0 Å². The molecule has 4 rings (SSSR count). The summed E-state index contributed by atoms with van der Waals surface area (Å²) in [5.74, 6) is 1.68. The van der Waals surface area contributed by atoms with Gasteiger partial charge < -0.3 is 9.64 Å². The minimum Gasteiger partial charge on any atom is -0.496 e. The Hall–Kier alpha value is -2.00. The third kappa shape index (κ3) is 7.00. The van der Waals surface area contributed by atoms with E-state index in [0.717, 1.165) is 37.2 Å². The highest BCUT2D eigenvalue weighted by molar-refractivity contribution is 7.85. The number of methoxy groups -OCH3 is 1. The molecule has 8 heteroatoms. The van der Waals surface area contributed by atoms with Gasteiger partial charge >= 0.3 is 0 Å². The Morgan fingerprint density at radius 3 is 2.81 bits per heavy atom. The van der Waals surface area contributed by atoms with Crippen molar-refractivity contribution in [1.82, 2.24) is 9.88 Å². The van der Waals surface area contributed by atoms with Crippen LogP contribution in [0.5, 0.6) is 5.75 Å². The molecular weight excluding hydrogens is 432 g/mol. The number of fused-ring (bicyclic) bond motifs is 2. The Morgan fingerprint density at radius 2 is 2.06 bits per heavy atom. The molecule has 1 unspecified atom stereocenters. The largest absolute Gasteiger partial charge is 0.496 e. The first-order valence-electron chi connectivity index (χ1n) is 10.3. The van der Waals surface area contributed by atoms with Gasteiger partial charge in [0.25, 0.3) is 10.1 Å². The number of nitrogens with zero attached hydrogens (tertiary/aromatic N) is 2. The monoisotopic (exact) mass is 462 g/mol. The molecule has 1 aromatic heterocycles. The van der Waals surface area contributed by atoms with Gasteiger partial charge in [-0.15, -0.1) is 11.3 Å². The van der Waals surface area contributed by atoms with Gasteiger partial charge in [-0.3, -0.25) is 4.55 Å². The van der Waals surface area contributed by atoms with Gasteiger partial charge in [-0.25, -0.2) is 4.98 Å². The lowest BCUT2D eigenvalue weighted by molar-refractivity contribution is 0.299. The predicted molar refractivity (Wildman–Crippen MR) is 127 cm³/mol. The average Bonchev–Trinajstić information content (AvgIpc) is 3.19. The zero-order chi connectivity index (χ0) is 22.4. The summed E-state index contributed by atoms with van der Waals surface area (Å²) in [6.45, 7) is 2.20. The van der Waals surface area contributed by atoms with Crippen LogP contribution >= 0.6 is 11.3 Å². The van der Waals surface area contributed by atoms with Gasteiger partial charge in [-0.1, -0.05) is 18.2 Å². The molecule has 3 aromatic rings. The lowest BCUT2D eigenvalue weighted by atomic mass is 9.82. The number of ether oxygens (including phenoxy) is 1. The molecule has 0 amide bonds. The van der Waals surface area contributed by atoms with Crippen molar-refractivity contribution >= 4 is 31.7 Å². The van der Waals surface area contributed by atoms with E-state index in [1.807, 2.05) is 5.51 Å². The van der Waals surface area contributed by atoms with Crippen LogP contribution in [-0.2, 0) is 23.0 Å². The van der Waals surface area contributed by atoms with Crippen molar-refractivity contribution in [2.45, 2.75) is 31.6 Å². The molecule has 0 bridgehead atoms. The zero-order valence-electron chi connectivity index (χ0n) is 18.2. The third-order valence-electron chi connectivity index (χ3n) is 5.52. The van der Waals surface area contributed by atoms with Crippen molar-refractivity contribution in [2.75, 3.05) is 33.5 Å². The average molecular weight is 463 g/mol. The molecule has 31 heavy (non-hydrogen) atoms. The SMILES string of the molecule is COc1cccc2c1CCCC2CN(C)CCc1ccc2ncsc2c1.CS(=O)(=O)O. The van der Waals surface area contributed by atoms with Gasteiger partial charge in [0.1, 0.15) is 5.75 Å². The normalized spacial score (nSPS) is 16.0. The lowest BCUT2D eigenvalue weighted by Crippen LogP contribution is -2.28. The van der Waals surface area contributed by atoms with Gasteiger partial charge in [0.05, 0.1) is 29.1 Å². The van der Waals surface area contributed by atoms with Crippen molar-refractivity contribution in [3.8, 4) is 5.75 Å². The fraction of sp³-hybridized carbons (Fsp3) is 0.435. The summed E-state index contributed by atoms with van der Waals surface area (Å²) < 4.78 is 32.7. The maximum absolute atomic E-state index is 9.19. The van der Waals surface area contributed by atoms with Crippen LogP contribution in [0.2, 0.25) is 0 Å². The quantitative estimate of drug-likeness (QED) is 0.547. The van der Waals surface area contributed by atoms with Crippen molar-refractivity contribution in [3.05, 3.63) is 58.6 Å². The van der Waals surface area contributed by atoms with Crippen LogP contribution in [-0.4, -0.2) is 56.4 Å². The van der Waals surface area contributed by atoms with E-state index >= 15 is 0 Å². The maximum Gasteiger partial charge on any atom is 0.261 e. The molecule has 0 radical (unpaired) electrons. The van der Waals surface area contributed by atoms with Crippen molar-refractivity contribution < 1.29 is 17.7 Å². The fourth-order valence-corrected chi connectivity index (χ4v) is 4.88. The van der Waals surface area contributed by atoms with Crippen molar-refractivity contribution in [3.63, 3.8) is 0 Å². The van der Waals surface area contributed by atoms with Gasteiger partial charge in [0.15, 0.2) is 0 Å². The Labute approximate surface area is 188 Å². The van der Waals surface area contributed by atoms with Crippen LogP contribution in [0.3, 0.4) is 0 Å².